The topological polar surface area (TPSA) is 98.5 Å². The fraction of sp³-hybridized carbons (Fsp3) is 0.500. The lowest BCUT2D eigenvalue weighted by molar-refractivity contribution is 0.172. The van der Waals surface area contributed by atoms with Gasteiger partial charge in [0.25, 0.3) is 0 Å². The minimum Gasteiger partial charge on any atom is -0.305 e. The van der Waals surface area contributed by atoms with Crippen LogP contribution in [-0.4, -0.2) is 29.7 Å². The molecule has 1 fully saturated rings. The van der Waals surface area contributed by atoms with Crippen molar-refractivity contribution in [3.8, 4) is 18.2 Å². The van der Waals surface area contributed by atoms with Crippen LogP contribution in [0.25, 0.3) is 0 Å². The van der Waals surface area contributed by atoms with Crippen molar-refractivity contribution in [3.05, 3.63) is 33.5 Å². The predicted molar refractivity (Wildman–Crippen MR) is 101 cm³/mol. The molecule has 26 heavy (non-hydrogen) atoms. The van der Waals surface area contributed by atoms with Crippen molar-refractivity contribution in [1.82, 2.24) is 4.90 Å². The van der Waals surface area contributed by atoms with E-state index in [4.69, 9.17) is 5.41 Å². The second-order valence-corrected chi connectivity index (χ2v) is 8.26. The summed E-state index contributed by atoms with van der Waals surface area (Å²) in [6, 6.07) is 8.81. The highest BCUT2D eigenvalue weighted by Gasteiger charge is 2.58. The highest BCUT2D eigenvalue weighted by atomic mass is 32.1. The Bertz CT molecular complexity index is 875. The van der Waals surface area contributed by atoms with Gasteiger partial charge in [-0.1, -0.05) is 6.08 Å². The van der Waals surface area contributed by atoms with Gasteiger partial charge in [-0.3, -0.25) is 4.90 Å². The molecule has 1 saturated carbocycles. The minimum absolute atomic E-state index is 0.0664. The summed E-state index contributed by atoms with van der Waals surface area (Å²) in [4.78, 5) is 3.28. The second kappa shape index (κ2) is 6.69. The van der Waals surface area contributed by atoms with E-state index in [-0.39, 0.29) is 11.6 Å². The SMILES string of the molecule is Cc1ccsc1[C@@H]1[C@H]2CN(C(C)C)CC=C2[C@@H](C#N)C(=N)C1(C#N)C#N. The first-order chi connectivity index (χ1) is 12.4. The largest absolute Gasteiger partial charge is 0.305 e. The number of hydrogen-bond donors (Lipinski definition) is 1. The number of aryl methyl sites for hydroxylation is 1. The van der Waals surface area contributed by atoms with Crippen molar-refractivity contribution in [3.63, 3.8) is 0 Å². The Balaban J connectivity index is 2.25. The molecule has 0 amide bonds. The van der Waals surface area contributed by atoms with Crippen LogP contribution in [0, 0.1) is 63.6 Å². The van der Waals surface area contributed by atoms with E-state index < -0.39 is 17.3 Å². The maximum Gasteiger partial charge on any atom is 0.190 e. The number of nitriles is 3. The van der Waals surface area contributed by atoms with Gasteiger partial charge in [-0.05, 0) is 43.4 Å². The molecule has 0 radical (unpaired) electrons. The Morgan fingerprint density at radius 3 is 2.50 bits per heavy atom. The Morgan fingerprint density at radius 2 is 2.00 bits per heavy atom. The van der Waals surface area contributed by atoms with Crippen LogP contribution in [0.2, 0.25) is 0 Å². The van der Waals surface area contributed by atoms with E-state index in [0.29, 0.717) is 12.6 Å². The zero-order valence-electron chi connectivity index (χ0n) is 15.2. The molecule has 0 saturated heterocycles. The molecule has 1 aromatic rings. The fourth-order valence-corrected chi connectivity index (χ4v) is 5.39. The van der Waals surface area contributed by atoms with E-state index in [9.17, 15) is 15.8 Å². The molecule has 5 nitrogen and oxygen atoms in total. The maximum absolute atomic E-state index is 10.00. The van der Waals surface area contributed by atoms with Gasteiger partial charge in [-0.2, -0.15) is 15.8 Å². The molecule has 1 N–H and O–H groups in total. The van der Waals surface area contributed by atoms with Crippen molar-refractivity contribution in [2.45, 2.75) is 32.7 Å². The van der Waals surface area contributed by atoms with Gasteiger partial charge in [0.05, 0.1) is 23.9 Å². The highest BCUT2D eigenvalue weighted by molar-refractivity contribution is 7.10. The zero-order valence-corrected chi connectivity index (χ0v) is 16.0. The fourth-order valence-electron chi connectivity index (χ4n) is 4.23. The third kappa shape index (κ3) is 2.48. The van der Waals surface area contributed by atoms with E-state index >= 15 is 0 Å². The number of rotatable bonds is 2. The molecular weight excluding hydrogens is 342 g/mol. The number of hydrogen-bond acceptors (Lipinski definition) is 6. The highest BCUT2D eigenvalue weighted by Crippen LogP contribution is 2.55. The van der Waals surface area contributed by atoms with Gasteiger partial charge >= 0.3 is 0 Å². The van der Waals surface area contributed by atoms with Crippen LogP contribution in [0.1, 0.15) is 30.2 Å². The number of thiophene rings is 1. The number of fused-ring (bicyclic) bond motifs is 1. The molecule has 0 unspecified atom stereocenters. The van der Waals surface area contributed by atoms with Crippen LogP contribution < -0.4 is 0 Å². The Kier molecular flexibility index (Phi) is 4.72. The first-order valence-electron chi connectivity index (χ1n) is 8.70. The Hall–Kier alpha value is -2.46. The predicted octanol–water partition coefficient (Wildman–Crippen LogP) is 3.61. The first kappa shape index (κ1) is 18.3. The molecule has 1 aromatic heterocycles. The monoisotopic (exact) mass is 363 g/mol. The van der Waals surface area contributed by atoms with Crippen molar-refractivity contribution in [2.75, 3.05) is 13.1 Å². The molecule has 6 heteroatoms. The standard InChI is InChI=1S/C20H21N5S/c1-12(2)25-6-4-14-15(8-21)19(24)20(10-22,11-23)17(16(14)9-25)18-13(3)5-7-26-18/h4-5,7,12,15-17,24H,6,9H2,1-3H3/t15-,16+,17+/m1/s1. The van der Waals surface area contributed by atoms with Crippen LogP contribution in [0.15, 0.2) is 23.1 Å². The molecule has 1 aliphatic heterocycles. The number of nitrogens with zero attached hydrogens (tertiary/aromatic N) is 4. The zero-order chi connectivity index (χ0) is 19.1. The molecule has 132 valence electrons. The summed E-state index contributed by atoms with van der Waals surface area (Å²) in [5.41, 5.74) is 0.286. The van der Waals surface area contributed by atoms with Crippen molar-refractivity contribution >= 4 is 17.0 Å². The Morgan fingerprint density at radius 1 is 1.31 bits per heavy atom. The van der Waals surface area contributed by atoms with Gasteiger partial charge in [-0.25, -0.2) is 0 Å². The maximum atomic E-state index is 10.00. The molecule has 0 spiro atoms. The third-order valence-electron chi connectivity index (χ3n) is 5.73. The van der Waals surface area contributed by atoms with Crippen molar-refractivity contribution < 1.29 is 0 Å². The van der Waals surface area contributed by atoms with Crippen molar-refractivity contribution in [1.29, 1.82) is 21.2 Å². The molecule has 2 heterocycles. The first-order valence-corrected chi connectivity index (χ1v) is 9.58. The molecule has 1 aliphatic carbocycles. The summed E-state index contributed by atoms with van der Waals surface area (Å²) in [6.45, 7) is 7.66. The lowest BCUT2D eigenvalue weighted by Crippen LogP contribution is -2.53. The van der Waals surface area contributed by atoms with E-state index in [2.05, 4.69) is 37.0 Å². The smallest absolute Gasteiger partial charge is 0.190 e. The summed E-state index contributed by atoms with van der Waals surface area (Å²) < 4.78 is 0. The molecular formula is C20H21N5S. The average molecular weight is 363 g/mol. The summed E-state index contributed by atoms with van der Waals surface area (Å²) in [7, 11) is 0. The summed E-state index contributed by atoms with van der Waals surface area (Å²) >= 11 is 1.54. The Labute approximate surface area is 158 Å². The third-order valence-corrected chi connectivity index (χ3v) is 6.83. The lowest BCUT2D eigenvalue weighted by atomic mass is 9.55. The van der Waals surface area contributed by atoms with Gasteiger partial charge in [0.2, 0.25) is 0 Å². The summed E-state index contributed by atoms with van der Waals surface area (Å²) in [5.74, 6) is -1.31. The quantitative estimate of drug-likeness (QED) is 0.811. The van der Waals surface area contributed by atoms with E-state index in [1.165, 1.54) is 11.3 Å². The van der Waals surface area contributed by atoms with Gasteiger partial charge in [-0.15, -0.1) is 11.3 Å². The van der Waals surface area contributed by atoms with Gasteiger partial charge in [0, 0.05) is 35.8 Å². The van der Waals surface area contributed by atoms with Gasteiger partial charge in [0.15, 0.2) is 5.41 Å². The second-order valence-electron chi connectivity index (χ2n) is 7.31. The average Bonchev–Trinajstić information content (AvgIpc) is 3.05. The van der Waals surface area contributed by atoms with Crippen LogP contribution in [0.4, 0.5) is 0 Å². The van der Waals surface area contributed by atoms with Crippen molar-refractivity contribution in [2.24, 2.45) is 17.3 Å². The molecule has 0 aromatic carbocycles. The minimum atomic E-state index is -1.60. The molecule has 2 aliphatic rings. The summed E-state index contributed by atoms with van der Waals surface area (Å²) in [6.07, 6.45) is 2.05. The van der Waals surface area contributed by atoms with Crippen LogP contribution >= 0.6 is 11.3 Å². The summed E-state index contributed by atoms with van der Waals surface area (Å²) in [5, 5.41) is 40.3. The normalized spacial score (nSPS) is 27.8. The van der Waals surface area contributed by atoms with E-state index in [0.717, 1.165) is 22.6 Å². The molecule has 3 atom stereocenters. The molecule has 0 bridgehead atoms. The number of nitrogens with one attached hydrogen (secondary N) is 1. The van der Waals surface area contributed by atoms with Crippen LogP contribution in [0.5, 0.6) is 0 Å². The van der Waals surface area contributed by atoms with Gasteiger partial charge < -0.3 is 5.41 Å². The van der Waals surface area contributed by atoms with Crippen LogP contribution in [0.3, 0.4) is 0 Å². The van der Waals surface area contributed by atoms with E-state index in [1.54, 1.807) is 0 Å². The lowest BCUT2D eigenvalue weighted by Gasteiger charge is -2.48. The van der Waals surface area contributed by atoms with Gasteiger partial charge in [0.1, 0.15) is 5.92 Å². The van der Waals surface area contributed by atoms with Crippen LogP contribution in [-0.2, 0) is 0 Å². The molecule has 3 rings (SSSR count). The van der Waals surface area contributed by atoms with E-state index in [1.807, 2.05) is 24.4 Å².